The molecule has 1 aromatic heterocycles. The molecule has 6 heteroatoms. The molecule has 3 rings (SSSR count). The smallest absolute Gasteiger partial charge is 0.211 e. The Morgan fingerprint density at radius 2 is 2.00 bits per heavy atom. The van der Waals surface area contributed by atoms with E-state index in [-0.39, 0.29) is 5.75 Å². The van der Waals surface area contributed by atoms with E-state index in [0.717, 1.165) is 15.0 Å². The Bertz CT molecular complexity index is 954. The summed E-state index contributed by atoms with van der Waals surface area (Å²) in [4.78, 5) is 0.804. The van der Waals surface area contributed by atoms with E-state index < -0.39 is 0 Å². The Kier molecular flexibility index (Phi) is 4.16. The lowest BCUT2D eigenvalue weighted by Gasteiger charge is -2.05. The zero-order valence-corrected chi connectivity index (χ0v) is 14.0. The molecule has 0 bridgehead atoms. The predicted octanol–water partition coefficient (Wildman–Crippen LogP) is 3.28. The summed E-state index contributed by atoms with van der Waals surface area (Å²) < 4.78 is 8.25. The number of phenols is 1. The molecule has 0 unspecified atom stereocenters. The maximum Gasteiger partial charge on any atom is 0.211 e. The number of aromatic nitrogens is 1. The second-order valence-corrected chi connectivity index (χ2v) is 6.09. The Morgan fingerprint density at radius 1 is 1.22 bits per heavy atom. The van der Waals surface area contributed by atoms with Gasteiger partial charge in [-0.2, -0.15) is 5.10 Å². The van der Waals surface area contributed by atoms with Gasteiger partial charge < -0.3 is 14.4 Å². The average Bonchev–Trinajstić information content (AvgIpc) is 2.89. The van der Waals surface area contributed by atoms with Crippen LogP contribution in [0.15, 0.2) is 52.7 Å². The first-order valence-electron chi connectivity index (χ1n) is 7.10. The molecule has 0 saturated heterocycles. The van der Waals surface area contributed by atoms with E-state index in [1.54, 1.807) is 36.6 Å². The molecule has 0 amide bonds. The standard InChI is InChI=1S/C17H17N3O2S/c1-11(13-9-8-12(22-3)10-15(13)21)18-19-17-20(2)14-6-4-5-7-16(14)23-17/h4-10,21H,1-3H3/b18-11+,19-17?. The molecule has 0 spiro atoms. The van der Waals surface area contributed by atoms with Gasteiger partial charge in [-0.05, 0) is 31.2 Å². The molecule has 0 aliphatic carbocycles. The number of aromatic hydroxyl groups is 1. The molecule has 0 fully saturated rings. The first-order chi connectivity index (χ1) is 11.1. The van der Waals surface area contributed by atoms with Gasteiger partial charge in [0.25, 0.3) is 0 Å². The summed E-state index contributed by atoms with van der Waals surface area (Å²) in [5.74, 6) is 0.730. The van der Waals surface area contributed by atoms with Gasteiger partial charge in [-0.15, -0.1) is 5.10 Å². The highest BCUT2D eigenvalue weighted by Gasteiger charge is 2.06. The average molecular weight is 327 g/mol. The Hall–Kier alpha value is -2.60. The van der Waals surface area contributed by atoms with Crippen LogP contribution in [0.3, 0.4) is 0 Å². The summed E-state index contributed by atoms with van der Waals surface area (Å²) in [7, 11) is 3.53. The summed E-state index contributed by atoms with van der Waals surface area (Å²) >= 11 is 1.58. The molecule has 0 aliphatic rings. The van der Waals surface area contributed by atoms with Gasteiger partial charge in [0, 0.05) is 18.7 Å². The largest absolute Gasteiger partial charge is 0.507 e. The highest BCUT2D eigenvalue weighted by Crippen LogP contribution is 2.24. The van der Waals surface area contributed by atoms with E-state index in [2.05, 4.69) is 22.3 Å². The van der Waals surface area contributed by atoms with Crippen LogP contribution in [0.4, 0.5) is 0 Å². The highest BCUT2D eigenvalue weighted by molar-refractivity contribution is 7.16. The van der Waals surface area contributed by atoms with E-state index >= 15 is 0 Å². The van der Waals surface area contributed by atoms with Crippen LogP contribution < -0.4 is 9.54 Å². The van der Waals surface area contributed by atoms with Gasteiger partial charge in [0.2, 0.25) is 4.80 Å². The monoisotopic (exact) mass is 327 g/mol. The van der Waals surface area contributed by atoms with Gasteiger partial charge in [0.1, 0.15) is 11.5 Å². The third-order valence-corrected chi connectivity index (χ3v) is 4.70. The van der Waals surface area contributed by atoms with E-state index in [0.29, 0.717) is 17.0 Å². The van der Waals surface area contributed by atoms with Crippen molar-refractivity contribution >= 4 is 27.3 Å². The van der Waals surface area contributed by atoms with Crippen molar-refractivity contribution in [3.8, 4) is 11.5 Å². The van der Waals surface area contributed by atoms with E-state index in [1.807, 2.05) is 30.7 Å². The summed E-state index contributed by atoms with van der Waals surface area (Å²) in [6.45, 7) is 1.82. The second-order valence-electron chi connectivity index (χ2n) is 5.08. The second kappa shape index (κ2) is 6.26. The van der Waals surface area contributed by atoms with Crippen LogP contribution in [-0.2, 0) is 7.05 Å². The first-order valence-corrected chi connectivity index (χ1v) is 7.92. The minimum Gasteiger partial charge on any atom is -0.507 e. The number of para-hydroxylation sites is 1. The van der Waals surface area contributed by atoms with Crippen molar-refractivity contribution in [2.45, 2.75) is 6.92 Å². The molecule has 0 radical (unpaired) electrons. The van der Waals surface area contributed by atoms with Crippen molar-refractivity contribution < 1.29 is 9.84 Å². The number of nitrogens with zero attached hydrogens (tertiary/aromatic N) is 3. The lowest BCUT2D eigenvalue weighted by Crippen LogP contribution is -2.09. The van der Waals surface area contributed by atoms with Crippen LogP contribution in [0.2, 0.25) is 0 Å². The summed E-state index contributed by atoms with van der Waals surface area (Å²) in [6, 6.07) is 13.2. The maximum atomic E-state index is 10.1. The number of ether oxygens (including phenoxy) is 1. The minimum atomic E-state index is 0.126. The van der Waals surface area contributed by atoms with Crippen LogP contribution in [0.5, 0.6) is 11.5 Å². The van der Waals surface area contributed by atoms with Gasteiger partial charge in [0.15, 0.2) is 0 Å². The number of hydrogen-bond donors (Lipinski definition) is 1. The van der Waals surface area contributed by atoms with Crippen LogP contribution >= 0.6 is 11.3 Å². The number of rotatable bonds is 3. The third-order valence-electron chi connectivity index (χ3n) is 3.60. The fraction of sp³-hybridized carbons (Fsp3) is 0.176. The molecule has 1 N–H and O–H groups in total. The van der Waals surface area contributed by atoms with Crippen molar-refractivity contribution in [1.29, 1.82) is 0 Å². The molecule has 5 nitrogen and oxygen atoms in total. The fourth-order valence-electron chi connectivity index (χ4n) is 2.29. The molecule has 1 heterocycles. The molecule has 3 aromatic rings. The molecule has 0 saturated carbocycles. The van der Waals surface area contributed by atoms with Gasteiger partial charge >= 0.3 is 0 Å². The summed E-state index contributed by atoms with van der Waals surface area (Å²) in [5.41, 5.74) is 2.40. The normalized spacial score (nSPS) is 12.8. The number of thiazole rings is 1. The number of hydrogen-bond acceptors (Lipinski definition) is 5. The number of benzene rings is 2. The van der Waals surface area contributed by atoms with Crippen LogP contribution in [-0.4, -0.2) is 22.5 Å². The topological polar surface area (TPSA) is 59.1 Å². The number of methoxy groups -OCH3 is 1. The summed E-state index contributed by atoms with van der Waals surface area (Å²) in [5, 5.41) is 18.7. The Labute approximate surface area is 137 Å². The third kappa shape index (κ3) is 2.98. The van der Waals surface area contributed by atoms with E-state index in [1.165, 1.54) is 0 Å². The van der Waals surface area contributed by atoms with Crippen molar-refractivity contribution in [2.75, 3.05) is 7.11 Å². The number of fused-ring (bicyclic) bond motifs is 1. The molecule has 23 heavy (non-hydrogen) atoms. The minimum absolute atomic E-state index is 0.126. The predicted molar refractivity (Wildman–Crippen MR) is 93.2 cm³/mol. The van der Waals surface area contributed by atoms with E-state index in [9.17, 15) is 5.11 Å². The zero-order valence-electron chi connectivity index (χ0n) is 13.1. The molecular formula is C17H17N3O2S. The Morgan fingerprint density at radius 3 is 2.70 bits per heavy atom. The Balaban J connectivity index is 2.01. The maximum absolute atomic E-state index is 10.1. The first kappa shape index (κ1) is 15.3. The van der Waals surface area contributed by atoms with Gasteiger partial charge in [-0.1, -0.05) is 23.5 Å². The molecule has 0 atom stereocenters. The van der Waals surface area contributed by atoms with Gasteiger partial charge in [-0.3, -0.25) is 0 Å². The van der Waals surface area contributed by atoms with Crippen LogP contribution in [0.25, 0.3) is 10.2 Å². The summed E-state index contributed by atoms with van der Waals surface area (Å²) in [6.07, 6.45) is 0. The highest BCUT2D eigenvalue weighted by atomic mass is 32.1. The van der Waals surface area contributed by atoms with Gasteiger partial charge in [-0.25, -0.2) is 0 Å². The number of aryl methyl sites for hydroxylation is 1. The van der Waals surface area contributed by atoms with Gasteiger partial charge in [0.05, 0.1) is 23.0 Å². The van der Waals surface area contributed by atoms with Crippen LogP contribution in [0.1, 0.15) is 12.5 Å². The molecule has 2 aromatic carbocycles. The quantitative estimate of drug-likeness (QED) is 0.593. The van der Waals surface area contributed by atoms with Crippen molar-refractivity contribution in [2.24, 2.45) is 17.3 Å². The van der Waals surface area contributed by atoms with Crippen molar-refractivity contribution in [1.82, 2.24) is 4.57 Å². The van der Waals surface area contributed by atoms with Crippen molar-refractivity contribution in [3.63, 3.8) is 0 Å². The fourth-order valence-corrected chi connectivity index (χ4v) is 3.26. The van der Waals surface area contributed by atoms with Crippen LogP contribution in [0, 0.1) is 0 Å². The zero-order chi connectivity index (χ0) is 16.4. The molecular weight excluding hydrogens is 310 g/mol. The lowest BCUT2D eigenvalue weighted by molar-refractivity contribution is 0.407. The molecule has 0 aliphatic heterocycles. The van der Waals surface area contributed by atoms with Crippen molar-refractivity contribution in [3.05, 3.63) is 52.8 Å². The lowest BCUT2D eigenvalue weighted by atomic mass is 10.1. The number of phenolic OH excluding ortho intramolecular Hbond substituents is 1. The SMILES string of the molecule is COc1ccc(/C(C)=N/N=c2sc3ccccc3n2C)c(O)c1. The molecule has 118 valence electrons. The van der Waals surface area contributed by atoms with E-state index in [4.69, 9.17) is 4.74 Å².